The first-order valence-electron chi connectivity index (χ1n) is 7.68. The van der Waals surface area contributed by atoms with Gasteiger partial charge in [-0.05, 0) is 40.6 Å². The van der Waals surface area contributed by atoms with Gasteiger partial charge in [0, 0.05) is 10.6 Å². The van der Waals surface area contributed by atoms with Gasteiger partial charge >= 0.3 is 0 Å². The largest absolute Gasteiger partial charge is 0.480 e. The van der Waals surface area contributed by atoms with Gasteiger partial charge in [-0.1, -0.05) is 60.0 Å². The predicted octanol–water partition coefficient (Wildman–Crippen LogP) is 5.57. The molecule has 3 rings (SSSR count). The summed E-state index contributed by atoms with van der Waals surface area (Å²) in [4.78, 5) is 0. The molecule has 3 aromatic carbocycles. The Morgan fingerprint density at radius 2 is 1.96 bits per heavy atom. The number of nitrogens with zero attached hydrogens (tertiary/aromatic N) is 1. The van der Waals surface area contributed by atoms with Gasteiger partial charge in [0.1, 0.15) is 12.4 Å². The summed E-state index contributed by atoms with van der Waals surface area (Å²) in [6.07, 6.45) is 7.14. The molecule has 0 aromatic heterocycles. The lowest BCUT2D eigenvalue weighted by molar-refractivity contribution is 0.370. The van der Waals surface area contributed by atoms with Gasteiger partial charge in [0.25, 0.3) is 0 Å². The maximum absolute atomic E-state index is 9.64. The van der Waals surface area contributed by atoms with E-state index in [1.807, 2.05) is 54.6 Å². The van der Waals surface area contributed by atoms with Gasteiger partial charge < -0.3 is 4.74 Å². The maximum Gasteiger partial charge on any atom is 0.148 e. The van der Waals surface area contributed by atoms with E-state index in [-0.39, 0.29) is 6.61 Å². The average molecular weight is 344 g/mol. The SMILES string of the molecule is C#CCOc1ccc2ccccc2c1/C=C(\C#N)c1cccc(Cl)c1. The van der Waals surface area contributed by atoms with Crippen LogP contribution in [0.4, 0.5) is 0 Å². The van der Waals surface area contributed by atoms with E-state index in [1.165, 1.54) is 0 Å². The van der Waals surface area contributed by atoms with E-state index in [4.69, 9.17) is 22.8 Å². The van der Waals surface area contributed by atoms with Gasteiger partial charge in [-0.15, -0.1) is 6.42 Å². The van der Waals surface area contributed by atoms with Crippen LogP contribution in [-0.2, 0) is 0 Å². The maximum atomic E-state index is 9.64. The molecule has 0 spiro atoms. The van der Waals surface area contributed by atoms with E-state index in [1.54, 1.807) is 12.1 Å². The third-order valence-electron chi connectivity index (χ3n) is 3.79. The summed E-state index contributed by atoms with van der Waals surface area (Å²) in [7, 11) is 0. The molecule has 0 bridgehead atoms. The molecule has 0 unspecified atom stereocenters. The van der Waals surface area contributed by atoms with Gasteiger partial charge in [0.05, 0.1) is 11.6 Å². The van der Waals surface area contributed by atoms with Crippen molar-refractivity contribution in [2.45, 2.75) is 0 Å². The highest BCUT2D eigenvalue weighted by molar-refractivity contribution is 6.30. The van der Waals surface area contributed by atoms with E-state index >= 15 is 0 Å². The second kappa shape index (κ2) is 7.58. The number of terminal acetylenes is 1. The summed E-state index contributed by atoms with van der Waals surface area (Å²) >= 11 is 6.06. The number of nitriles is 1. The van der Waals surface area contributed by atoms with Crippen LogP contribution in [0.25, 0.3) is 22.4 Å². The van der Waals surface area contributed by atoms with E-state index in [9.17, 15) is 5.26 Å². The third-order valence-corrected chi connectivity index (χ3v) is 4.02. The quantitative estimate of drug-likeness (QED) is 0.352. The number of rotatable bonds is 4. The smallest absolute Gasteiger partial charge is 0.148 e. The number of hydrogen-bond acceptors (Lipinski definition) is 2. The Balaban J connectivity index is 2.21. The Morgan fingerprint density at radius 1 is 1.12 bits per heavy atom. The molecular formula is C22H14ClNO. The zero-order chi connectivity index (χ0) is 17.6. The number of allylic oxidation sites excluding steroid dienone is 1. The van der Waals surface area contributed by atoms with Crippen LogP contribution < -0.4 is 4.74 Å². The molecule has 0 heterocycles. The van der Waals surface area contributed by atoms with Crippen molar-refractivity contribution in [3.8, 4) is 24.2 Å². The fourth-order valence-corrected chi connectivity index (χ4v) is 2.84. The van der Waals surface area contributed by atoms with Crippen molar-refractivity contribution in [1.82, 2.24) is 0 Å². The van der Waals surface area contributed by atoms with Crippen molar-refractivity contribution in [3.63, 3.8) is 0 Å². The molecule has 0 N–H and O–H groups in total. The van der Waals surface area contributed by atoms with Crippen molar-refractivity contribution in [2.75, 3.05) is 6.61 Å². The van der Waals surface area contributed by atoms with Crippen LogP contribution in [-0.4, -0.2) is 6.61 Å². The molecule has 0 radical (unpaired) electrons. The number of hydrogen-bond donors (Lipinski definition) is 0. The van der Waals surface area contributed by atoms with E-state index in [2.05, 4.69) is 12.0 Å². The first-order valence-corrected chi connectivity index (χ1v) is 8.06. The van der Waals surface area contributed by atoms with Crippen LogP contribution in [0.1, 0.15) is 11.1 Å². The van der Waals surface area contributed by atoms with Gasteiger partial charge in [0.2, 0.25) is 0 Å². The van der Waals surface area contributed by atoms with Crippen molar-refractivity contribution >= 4 is 34.0 Å². The minimum atomic E-state index is 0.165. The second-order valence-electron chi connectivity index (χ2n) is 5.37. The van der Waals surface area contributed by atoms with Crippen LogP contribution in [0.15, 0.2) is 60.7 Å². The first-order chi connectivity index (χ1) is 12.2. The molecule has 0 saturated heterocycles. The summed E-state index contributed by atoms with van der Waals surface area (Å²) in [6.45, 7) is 0.165. The topological polar surface area (TPSA) is 33.0 Å². The molecule has 3 heteroatoms. The van der Waals surface area contributed by atoms with E-state index < -0.39 is 0 Å². The fraction of sp³-hybridized carbons (Fsp3) is 0.0455. The van der Waals surface area contributed by atoms with Crippen LogP contribution in [0.5, 0.6) is 5.75 Å². The van der Waals surface area contributed by atoms with Crippen molar-refractivity contribution in [3.05, 3.63) is 76.8 Å². The average Bonchev–Trinajstić information content (AvgIpc) is 2.64. The number of ether oxygens (including phenoxy) is 1. The monoisotopic (exact) mass is 343 g/mol. The molecule has 3 aromatic rings. The minimum Gasteiger partial charge on any atom is -0.480 e. The molecule has 2 nitrogen and oxygen atoms in total. The molecule has 0 aliphatic heterocycles. The van der Waals surface area contributed by atoms with Gasteiger partial charge in [0.15, 0.2) is 0 Å². The molecule has 0 aliphatic rings. The molecule has 0 aliphatic carbocycles. The highest BCUT2D eigenvalue weighted by Crippen LogP contribution is 2.32. The van der Waals surface area contributed by atoms with Crippen molar-refractivity contribution in [2.24, 2.45) is 0 Å². The standard InChI is InChI=1S/C22H14ClNO/c1-2-12-25-22-11-10-16-6-3-4-9-20(16)21(22)14-18(15-24)17-7-5-8-19(23)13-17/h1,3-11,13-14H,12H2/b18-14+. The number of halogens is 1. The summed E-state index contributed by atoms with van der Waals surface area (Å²) in [5.74, 6) is 3.12. The van der Waals surface area contributed by atoms with Gasteiger partial charge in [-0.2, -0.15) is 5.26 Å². The Bertz CT molecular complexity index is 1040. The summed E-state index contributed by atoms with van der Waals surface area (Å²) in [5, 5.41) is 12.3. The van der Waals surface area contributed by atoms with E-state index in [0.717, 1.165) is 21.9 Å². The third kappa shape index (κ3) is 3.66. The zero-order valence-electron chi connectivity index (χ0n) is 13.4. The Kier molecular flexibility index (Phi) is 5.05. The molecule has 0 atom stereocenters. The highest BCUT2D eigenvalue weighted by atomic mass is 35.5. The molecule has 0 saturated carbocycles. The van der Waals surface area contributed by atoms with Gasteiger partial charge in [-0.25, -0.2) is 0 Å². The van der Waals surface area contributed by atoms with Crippen LogP contribution in [0.3, 0.4) is 0 Å². The highest BCUT2D eigenvalue weighted by Gasteiger charge is 2.10. The van der Waals surface area contributed by atoms with Crippen LogP contribution in [0.2, 0.25) is 5.02 Å². The predicted molar refractivity (Wildman–Crippen MR) is 103 cm³/mol. The normalized spacial score (nSPS) is 10.9. The Labute approximate surface area is 151 Å². The first kappa shape index (κ1) is 16.7. The Hall–Kier alpha value is -3.20. The molecule has 0 amide bonds. The lowest BCUT2D eigenvalue weighted by atomic mass is 9.98. The van der Waals surface area contributed by atoms with Gasteiger partial charge in [-0.3, -0.25) is 0 Å². The minimum absolute atomic E-state index is 0.165. The second-order valence-corrected chi connectivity index (χ2v) is 5.81. The summed E-state index contributed by atoms with van der Waals surface area (Å²) < 4.78 is 5.68. The van der Waals surface area contributed by atoms with Crippen LogP contribution in [0, 0.1) is 23.7 Å². The number of fused-ring (bicyclic) bond motifs is 1. The lowest BCUT2D eigenvalue weighted by Gasteiger charge is -2.11. The van der Waals surface area contributed by atoms with Crippen molar-refractivity contribution < 1.29 is 4.74 Å². The molecule has 120 valence electrons. The molecule has 0 fully saturated rings. The summed E-state index contributed by atoms with van der Waals surface area (Å²) in [6, 6.07) is 21.3. The molecule has 25 heavy (non-hydrogen) atoms. The zero-order valence-corrected chi connectivity index (χ0v) is 14.1. The lowest BCUT2D eigenvalue weighted by Crippen LogP contribution is -1.96. The van der Waals surface area contributed by atoms with Crippen molar-refractivity contribution in [1.29, 1.82) is 5.26 Å². The Morgan fingerprint density at radius 3 is 2.72 bits per heavy atom. The summed E-state index contributed by atoms with van der Waals surface area (Å²) in [5.41, 5.74) is 2.08. The van der Waals surface area contributed by atoms with E-state index in [0.29, 0.717) is 16.3 Å². The number of benzene rings is 3. The van der Waals surface area contributed by atoms with Crippen LogP contribution >= 0.6 is 11.6 Å². The molecular weight excluding hydrogens is 330 g/mol. The fourth-order valence-electron chi connectivity index (χ4n) is 2.65.